The molecule has 1 saturated carbocycles. The summed E-state index contributed by atoms with van der Waals surface area (Å²) in [4.78, 5) is 32.1. The summed E-state index contributed by atoms with van der Waals surface area (Å²) < 4.78 is 0.986. The van der Waals surface area contributed by atoms with Gasteiger partial charge in [0.1, 0.15) is 5.01 Å². The Morgan fingerprint density at radius 3 is 2.60 bits per heavy atom. The number of hydrogen-bond donors (Lipinski definition) is 1. The molecule has 6 nitrogen and oxygen atoms in total. The van der Waals surface area contributed by atoms with Crippen molar-refractivity contribution in [3.63, 3.8) is 0 Å². The van der Waals surface area contributed by atoms with E-state index in [-0.39, 0.29) is 31.1 Å². The maximum absolute atomic E-state index is 12.2. The second-order valence-electron chi connectivity index (χ2n) is 7.51. The second-order valence-corrected chi connectivity index (χ2v) is 8.63. The topological polar surface area (TPSA) is 87.2 Å². The molecule has 0 saturated heterocycles. The number of rotatable bonds is 7. The molecule has 3 aromatic rings. The Bertz CT molecular complexity index is 1210. The number of Topliss-reactive ketones (excluding diaryl/α,β-unsaturated/α-hetero) is 1. The number of carbonyl (C=O) groups is 2. The third kappa shape index (κ3) is 4.37. The van der Waals surface area contributed by atoms with Crippen LogP contribution in [0.3, 0.4) is 0 Å². The van der Waals surface area contributed by atoms with E-state index in [9.17, 15) is 9.59 Å². The van der Waals surface area contributed by atoms with E-state index in [0.717, 1.165) is 34.2 Å². The molecule has 4 rings (SSSR count). The van der Waals surface area contributed by atoms with E-state index in [2.05, 4.69) is 21.2 Å². The number of nitriles is 1. The molecule has 0 atom stereocenters. The molecule has 0 spiro atoms. The fourth-order valence-electron chi connectivity index (χ4n) is 3.27. The van der Waals surface area contributed by atoms with Gasteiger partial charge in [-0.05, 0) is 36.1 Å². The zero-order chi connectivity index (χ0) is 21.1. The summed E-state index contributed by atoms with van der Waals surface area (Å²) in [6.45, 7) is 7.00. The van der Waals surface area contributed by atoms with Gasteiger partial charge in [0.25, 0.3) is 0 Å². The summed E-state index contributed by atoms with van der Waals surface area (Å²) >= 11 is 1.45. The molecule has 0 radical (unpaired) electrons. The number of ketones is 1. The fraction of sp³-hybridized carbons (Fsp3) is 0.261. The highest BCUT2D eigenvalue weighted by molar-refractivity contribution is 7.18. The maximum atomic E-state index is 12.2. The monoisotopic (exact) mass is 414 g/mol. The minimum Gasteiger partial charge on any atom is -0.349 e. The van der Waals surface area contributed by atoms with Gasteiger partial charge < -0.3 is 5.32 Å². The number of thiazole rings is 1. The van der Waals surface area contributed by atoms with Gasteiger partial charge in [0, 0.05) is 6.42 Å². The second kappa shape index (κ2) is 8.06. The van der Waals surface area contributed by atoms with Crippen LogP contribution < -0.4 is 5.32 Å². The third-order valence-corrected chi connectivity index (χ3v) is 6.22. The number of hydrogen-bond acceptors (Lipinski definition) is 5. The van der Waals surface area contributed by atoms with Gasteiger partial charge in [0.2, 0.25) is 5.91 Å². The van der Waals surface area contributed by atoms with E-state index in [4.69, 9.17) is 11.8 Å². The van der Waals surface area contributed by atoms with Crippen LogP contribution in [0.4, 0.5) is 5.69 Å². The Labute approximate surface area is 178 Å². The van der Waals surface area contributed by atoms with Crippen molar-refractivity contribution in [1.29, 1.82) is 5.26 Å². The zero-order valence-electron chi connectivity index (χ0n) is 16.1. The van der Waals surface area contributed by atoms with Crippen LogP contribution in [0, 0.1) is 23.3 Å². The lowest BCUT2D eigenvalue weighted by Crippen LogP contribution is -2.31. The van der Waals surface area contributed by atoms with Crippen LogP contribution in [-0.4, -0.2) is 23.2 Å². The van der Waals surface area contributed by atoms with Gasteiger partial charge in [-0.3, -0.25) is 9.59 Å². The molecule has 1 heterocycles. The Hall–Kier alpha value is -3.55. The van der Waals surface area contributed by atoms with E-state index in [1.165, 1.54) is 11.3 Å². The van der Waals surface area contributed by atoms with Crippen LogP contribution >= 0.6 is 11.3 Å². The Balaban J connectivity index is 1.38. The molecule has 148 valence electrons. The number of aromatic nitrogens is 1. The first-order valence-electron chi connectivity index (χ1n) is 9.57. The van der Waals surface area contributed by atoms with Crippen molar-refractivity contribution in [2.75, 3.05) is 6.54 Å². The highest BCUT2D eigenvalue weighted by Gasteiger charge is 2.44. The van der Waals surface area contributed by atoms with Crippen LogP contribution in [0.25, 0.3) is 26.2 Å². The number of fused-ring (bicyclic) bond motifs is 1. The highest BCUT2D eigenvalue weighted by atomic mass is 32.1. The first kappa shape index (κ1) is 19.8. The maximum Gasteiger partial charge on any atom is 0.227 e. The van der Waals surface area contributed by atoms with Crippen molar-refractivity contribution in [2.24, 2.45) is 5.41 Å². The van der Waals surface area contributed by atoms with Crippen molar-refractivity contribution >= 4 is 38.9 Å². The largest absolute Gasteiger partial charge is 0.349 e. The van der Waals surface area contributed by atoms with Gasteiger partial charge in [-0.25, -0.2) is 9.83 Å². The normalized spacial score (nSPS) is 13.9. The average Bonchev–Trinajstić information content (AvgIpc) is 3.42. The van der Waals surface area contributed by atoms with Crippen LogP contribution in [-0.2, 0) is 16.0 Å². The zero-order valence-corrected chi connectivity index (χ0v) is 17.0. The SMILES string of the molecule is [C-]#[N+]c1ccc(-c2ccc3sc(CC(=O)NCC(=O)CC4(C#N)CC4)nc3c2)cc1. The van der Waals surface area contributed by atoms with Gasteiger partial charge in [-0.2, -0.15) is 5.26 Å². The molecule has 1 aliphatic rings. The molecule has 1 N–H and O–H groups in total. The summed E-state index contributed by atoms with van der Waals surface area (Å²) in [6.07, 6.45) is 1.86. The predicted molar refractivity (Wildman–Crippen MR) is 115 cm³/mol. The molecule has 7 heteroatoms. The first-order valence-corrected chi connectivity index (χ1v) is 10.4. The number of benzene rings is 2. The molecular weight excluding hydrogens is 396 g/mol. The number of carbonyl (C=O) groups excluding carboxylic acids is 2. The molecule has 1 fully saturated rings. The average molecular weight is 414 g/mol. The van der Waals surface area contributed by atoms with E-state index in [1.54, 1.807) is 12.1 Å². The van der Waals surface area contributed by atoms with Gasteiger partial charge in [-0.15, -0.1) is 11.3 Å². The van der Waals surface area contributed by atoms with Gasteiger partial charge in [-0.1, -0.05) is 30.3 Å². The lowest BCUT2D eigenvalue weighted by Gasteiger charge is -2.06. The highest BCUT2D eigenvalue weighted by Crippen LogP contribution is 2.48. The lowest BCUT2D eigenvalue weighted by molar-refractivity contribution is -0.125. The summed E-state index contributed by atoms with van der Waals surface area (Å²) in [6, 6.07) is 15.5. The molecule has 1 amide bonds. The van der Waals surface area contributed by atoms with Crippen LogP contribution in [0.2, 0.25) is 0 Å². The molecule has 0 aliphatic heterocycles. The minimum absolute atomic E-state index is 0.0437. The molecular formula is C23H18N4O2S. The summed E-state index contributed by atoms with van der Waals surface area (Å²) in [5.41, 5.74) is 2.93. The molecule has 0 bridgehead atoms. The summed E-state index contributed by atoms with van der Waals surface area (Å²) in [5, 5.41) is 12.4. The summed E-state index contributed by atoms with van der Waals surface area (Å²) in [5.74, 6) is -0.361. The number of amides is 1. The number of nitrogens with zero attached hydrogens (tertiary/aromatic N) is 3. The van der Waals surface area contributed by atoms with E-state index >= 15 is 0 Å². The van der Waals surface area contributed by atoms with Gasteiger partial charge in [0.05, 0.1) is 41.2 Å². The Morgan fingerprint density at radius 1 is 1.20 bits per heavy atom. The number of nitrogens with one attached hydrogen (secondary N) is 1. The Morgan fingerprint density at radius 2 is 1.93 bits per heavy atom. The van der Waals surface area contributed by atoms with Crippen LogP contribution in [0.5, 0.6) is 0 Å². The van der Waals surface area contributed by atoms with E-state index in [1.807, 2.05) is 30.3 Å². The molecule has 30 heavy (non-hydrogen) atoms. The smallest absolute Gasteiger partial charge is 0.227 e. The van der Waals surface area contributed by atoms with Crippen molar-refractivity contribution in [1.82, 2.24) is 10.3 Å². The summed E-state index contributed by atoms with van der Waals surface area (Å²) in [7, 11) is 0. The third-order valence-electron chi connectivity index (χ3n) is 5.18. The van der Waals surface area contributed by atoms with Gasteiger partial charge in [0.15, 0.2) is 11.5 Å². The molecule has 2 aromatic carbocycles. The lowest BCUT2D eigenvalue weighted by atomic mass is 10.0. The Kier molecular flexibility index (Phi) is 5.31. The fourth-order valence-corrected chi connectivity index (χ4v) is 4.22. The van der Waals surface area contributed by atoms with Crippen molar-refractivity contribution in [3.8, 4) is 17.2 Å². The van der Waals surface area contributed by atoms with E-state index in [0.29, 0.717) is 10.7 Å². The van der Waals surface area contributed by atoms with Gasteiger partial charge >= 0.3 is 0 Å². The van der Waals surface area contributed by atoms with Crippen molar-refractivity contribution < 1.29 is 9.59 Å². The van der Waals surface area contributed by atoms with Crippen molar-refractivity contribution in [3.05, 3.63) is 58.9 Å². The van der Waals surface area contributed by atoms with Crippen LogP contribution in [0.1, 0.15) is 24.3 Å². The standard InChI is InChI=1S/C23H18N4O2S/c1-25-17-5-2-15(3-6-17)16-4-7-20-19(10-16)27-22(30-20)11-21(29)26-13-18(28)12-23(14-24)8-9-23/h2-7,10H,8-9,11-13H2,(H,26,29). The quantitative estimate of drug-likeness (QED) is 0.579. The predicted octanol–water partition coefficient (Wildman–Crippen LogP) is 4.44. The first-order chi connectivity index (χ1) is 14.5. The molecule has 1 aromatic heterocycles. The minimum atomic E-state index is -0.483. The van der Waals surface area contributed by atoms with E-state index < -0.39 is 5.41 Å². The molecule has 0 unspecified atom stereocenters. The molecule has 1 aliphatic carbocycles. The van der Waals surface area contributed by atoms with Crippen LogP contribution in [0.15, 0.2) is 42.5 Å². The van der Waals surface area contributed by atoms with Crippen molar-refractivity contribution in [2.45, 2.75) is 25.7 Å².